The van der Waals surface area contributed by atoms with E-state index in [1.54, 1.807) is 0 Å². The molecule has 0 atom stereocenters. The van der Waals surface area contributed by atoms with Crippen molar-refractivity contribution in [2.75, 3.05) is 6.61 Å². The molecule has 1 N–H and O–H groups in total. The molecule has 0 rings (SSSR count). The first-order chi connectivity index (χ1) is 8.70. The highest BCUT2D eigenvalue weighted by Crippen LogP contribution is 2.40. The van der Waals surface area contributed by atoms with Crippen LogP contribution >= 0.6 is 0 Å². The molecule has 0 aromatic carbocycles. The first kappa shape index (κ1) is 18.8. The van der Waals surface area contributed by atoms with Gasteiger partial charge in [0.2, 0.25) is 0 Å². The lowest BCUT2D eigenvalue weighted by molar-refractivity contribution is 0.294. The highest BCUT2D eigenvalue weighted by molar-refractivity contribution is 7.00. The minimum Gasteiger partial charge on any atom is -0.396 e. The van der Waals surface area contributed by atoms with Crippen molar-refractivity contribution in [1.29, 1.82) is 0 Å². The van der Waals surface area contributed by atoms with E-state index in [-0.39, 0.29) is 9.52 Å². The number of hydrogen-bond acceptors (Lipinski definition) is 1. The molecule has 0 aliphatic rings. The molecule has 0 radical (unpaired) electrons. The summed E-state index contributed by atoms with van der Waals surface area (Å²) in [5.74, 6) is 0. The molecule has 0 saturated carbocycles. The van der Waals surface area contributed by atoms with Crippen molar-refractivity contribution >= 4 is 25.7 Å². The topological polar surface area (TPSA) is 20.2 Å². The molecule has 0 spiro atoms. The molecule has 0 aliphatic heterocycles. The molecule has 0 heterocycles. The third kappa shape index (κ3) is 5.02. The zero-order chi connectivity index (χ0) is 15.2. The van der Waals surface area contributed by atoms with E-state index in [9.17, 15) is 0 Å². The van der Waals surface area contributed by atoms with E-state index in [2.05, 4.69) is 63.8 Å². The van der Waals surface area contributed by atoms with Gasteiger partial charge in [0.15, 0.2) is 0 Å². The van der Waals surface area contributed by atoms with E-state index in [1.807, 2.05) is 0 Å². The van der Waals surface area contributed by atoms with Gasteiger partial charge in [-0.3, -0.25) is 0 Å². The van der Waals surface area contributed by atoms with Crippen molar-refractivity contribution in [2.45, 2.75) is 49.7 Å². The second-order valence-corrected chi connectivity index (χ2v) is 20.9. The van der Waals surface area contributed by atoms with Gasteiger partial charge in [-0.2, -0.15) is 0 Å². The van der Waals surface area contributed by atoms with Crippen molar-refractivity contribution in [1.82, 2.24) is 0 Å². The van der Waals surface area contributed by atoms with E-state index in [0.717, 1.165) is 6.42 Å². The van der Waals surface area contributed by atoms with Crippen LogP contribution in [0.3, 0.4) is 0 Å². The molecule has 4 heteroatoms. The van der Waals surface area contributed by atoms with Gasteiger partial charge in [-0.15, -0.1) is 19.7 Å². The lowest BCUT2D eigenvalue weighted by atomic mass is 10.5. The van der Waals surface area contributed by atoms with E-state index in [4.69, 9.17) is 5.11 Å². The van der Waals surface area contributed by atoms with Crippen LogP contribution in [0.4, 0.5) is 0 Å². The molecule has 110 valence electrons. The minimum atomic E-state index is -1.61. The summed E-state index contributed by atoms with van der Waals surface area (Å²) in [6.45, 7) is 22.2. The first-order valence-electron chi connectivity index (χ1n) is 7.22. The van der Waals surface area contributed by atoms with Gasteiger partial charge in [-0.1, -0.05) is 55.8 Å². The molecule has 0 fully saturated rings. The molecular formula is C15H32OSi3. The molecule has 0 aromatic heterocycles. The van der Waals surface area contributed by atoms with Crippen LogP contribution in [0.1, 0.15) is 20.3 Å². The van der Waals surface area contributed by atoms with Crippen molar-refractivity contribution in [2.24, 2.45) is 0 Å². The Balaban J connectivity index is 4.81. The van der Waals surface area contributed by atoms with Crippen molar-refractivity contribution in [3.63, 3.8) is 0 Å². The second kappa shape index (κ2) is 7.57. The summed E-state index contributed by atoms with van der Waals surface area (Å²) in [6.07, 6.45) is 0.962. The average Bonchev–Trinajstić information content (AvgIpc) is 2.38. The van der Waals surface area contributed by atoms with Crippen molar-refractivity contribution in [3.8, 4) is 0 Å². The molecule has 0 bridgehead atoms. The Bertz CT molecular complexity index is 300. The maximum atomic E-state index is 9.07. The largest absolute Gasteiger partial charge is 0.396 e. The van der Waals surface area contributed by atoms with Gasteiger partial charge in [0.1, 0.15) is 8.07 Å². The van der Waals surface area contributed by atoms with Crippen LogP contribution in [0.15, 0.2) is 36.8 Å². The molecule has 1 nitrogen and oxygen atoms in total. The van der Waals surface area contributed by atoms with E-state index in [1.165, 1.54) is 11.7 Å². The highest BCUT2D eigenvalue weighted by Gasteiger charge is 2.39. The lowest BCUT2D eigenvalue weighted by Crippen LogP contribution is -2.45. The number of rotatable bonds is 10. The van der Waals surface area contributed by atoms with Gasteiger partial charge in [0.25, 0.3) is 0 Å². The summed E-state index contributed by atoms with van der Waals surface area (Å²) in [5.41, 5.74) is 7.67. The van der Waals surface area contributed by atoms with Crippen molar-refractivity contribution < 1.29 is 5.11 Å². The second-order valence-electron chi connectivity index (χ2n) is 6.82. The summed E-state index contributed by atoms with van der Waals surface area (Å²) in [5, 5.41) is 9.07. The fourth-order valence-electron chi connectivity index (χ4n) is 2.28. The maximum Gasteiger partial charge on any atom is 0.121 e. The first-order valence-corrected chi connectivity index (χ1v) is 14.6. The average molecular weight is 313 g/mol. The predicted molar refractivity (Wildman–Crippen MR) is 97.7 cm³/mol. The standard InChI is InChI=1S/C15H32OSi3/c1-8-19(9-2,10-3)14-17-15(4,5)18(6,7)13-11-12-16/h8-10,16H,1-3,11-14,17H2,4-7H3. The van der Waals surface area contributed by atoms with Crippen LogP contribution in [0, 0.1) is 0 Å². The predicted octanol–water partition coefficient (Wildman–Crippen LogP) is 3.57. The Kier molecular flexibility index (Phi) is 7.50. The van der Waals surface area contributed by atoms with E-state index >= 15 is 0 Å². The van der Waals surface area contributed by atoms with Gasteiger partial charge < -0.3 is 5.11 Å². The molecule has 0 saturated heterocycles. The molecule has 0 aliphatic carbocycles. The summed E-state index contributed by atoms with van der Waals surface area (Å²) in [7, 11) is -3.08. The smallest absolute Gasteiger partial charge is 0.121 e. The van der Waals surface area contributed by atoms with Gasteiger partial charge in [0, 0.05) is 24.2 Å². The van der Waals surface area contributed by atoms with Crippen LogP contribution in [0.5, 0.6) is 0 Å². The number of aliphatic hydroxyl groups excluding tert-OH is 1. The minimum absolute atomic E-state index is 0.202. The zero-order valence-corrected chi connectivity index (χ0v) is 16.8. The third-order valence-corrected chi connectivity index (χ3v) is 22.0. The van der Waals surface area contributed by atoms with Gasteiger partial charge in [-0.25, -0.2) is 0 Å². The normalized spacial score (nSPS) is 13.7. The summed E-state index contributed by atoms with van der Waals surface area (Å²) >= 11 is 0. The molecule has 0 amide bonds. The van der Waals surface area contributed by atoms with E-state index < -0.39 is 16.1 Å². The Morgan fingerprint density at radius 3 is 1.95 bits per heavy atom. The fourth-order valence-corrected chi connectivity index (χ4v) is 15.5. The molecule has 0 aromatic rings. The SMILES string of the molecule is C=C[Si](C=C)(C=C)C[SiH2]C(C)(C)[Si](C)(C)CCCO. The molecule has 19 heavy (non-hydrogen) atoms. The zero-order valence-electron chi connectivity index (χ0n) is 13.3. The maximum absolute atomic E-state index is 9.07. The quantitative estimate of drug-likeness (QED) is 0.612. The summed E-state index contributed by atoms with van der Waals surface area (Å²) in [6, 6.07) is 1.23. The Hall–Kier alpha value is -0.169. The Morgan fingerprint density at radius 1 is 1.11 bits per heavy atom. The van der Waals surface area contributed by atoms with Gasteiger partial charge in [0.05, 0.1) is 0 Å². The number of aliphatic hydroxyl groups is 1. The van der Waals surface area contributed by atoms with Crippen LogP contribution in [-0.2, 0) is 0 Å². The molecule has 0 unspecified atom stereocenters. The van der Waals surface area contributed by atoms with Crippen molar-refractivity contribution in [3.05, 3.63) is 36.8 Å². The Labute approximate surface area is 124 Å². The van der Waals surface area contributed by atoms with Crippen LogP contribution in [-0.4, -0.2) is 37.4 Å². The summed E-state index contributed by atoms with van der Waals surface area (Å²) < 4.78 is 0.509. The lowest BCUT2D eigenvalue weighted by Gasteiger charge is -2.41. The van der Waals surface area contributed by atoms with Gasteiger partial charge in [-0.05, 0) is 11.1 Å². The number of hydrogen-bond donors (Lipinski definition) is 1. The molecular weight excluding hydrogens is 280 g/mol. The summed E-state index contributed by atoms with van der Waals surface area (Å²) in [4.78, 5) is 0. The fraction of sp³-hybridized carbons (Fsp3) is 0.600. The van der Waals surface area contributed by atoms with Crippen LogP contribution in [0.25, 0.3) is 0 Å². The van der Waals surface area contributed by atoms with Crippen LogP contribution in [0.2, 0.25) is 29.5 Å². The van der Waals surface area contributed by atoms with Crippen LogP contribution < -0.4 is 0 Å². The highest BCUT2D eigenvalue weighted by atomic mass is 28.4. The Morgan fingerprint density at radius 2 is 1.58 bits per heavy atom. The third-order valence-electron chi connectivity index (χ3n) is 5.12. The monoisotopic (exact) mass is 312 g/mol. The van der Waals surface area contributed by atoms with Gasteiger partial charge >= 0.3 is 0 Å². The van der Waals surface area contributed by atoms with E-state index in [0.29, 0.717) is 11.3 Å².